The number of nitrogens with one attached hydrogen (secondary N) is 1. The predicted octanol–water partition coefficient (Wildman–Crippen LogP) is 1.01. The Balaban J connectivity index is 1.79. The molecule has 1 aliphatic heterocycles. The molecule has 0 aromatic heterocycles. The lowest BCUT2D eigenvalue weighted by Gasteiger charge is -2.23. The van der Waals surface area contributed by atoms with Crippen LogP contribution in [0.3, 0.4) is 0 Å². The Bertz CT molecular complexity index is 391. The van der Waals surface area contributed by atoms with E-state index in [0.29, 0.717) is 17.9 Å². The largest absolute Gasteiger partial charge is 0.486 e. The third-order valence-corrected chi connectivity index (χ3v) is 3.28. The van der Waals surface area contributed by atoms with Gasteiger partial charge in [0.15, 0.2) is 0 Å². The van der Waals surface area contributed by atoms with Gasteiger partial charge in [0.25, 0.3) is 0 Å². The van der Waals surface area contributed by atoms with Crippen molar-refractivity contribution in [2.75, 3.05) is 26.2 Å². The summed E-state index contributed by atoms with van der Waals surface area (Å²) in [5.74, 6) is 0.714. The first-order valence-corrected chi connectivity index (χ1v) is 6.35. The smallest absolute Gasteiger partial charge is 0.137 e. The minimum absolute atomic E-state index is 0.626. The first-order valence-electron chi connectivity index (χ1n) is 6.35. The van der Waals surface area contributed by atoms with Gasteiger partial charge in [0.05, 0.1) is 18.7 Å². The Hall–Kier alpha value is -1.53. The number of hydrogen-bond acceptors (Lipinski definition) is 2. The van der Waals surface area contributed by atoms with Crippen molar-refractivity contribution >= 4 is 0 Å². The summed E-state index contributed by atoms with van der Waals surface area (Å²) in [4.78, 5) is 1.63. The van der Waals surface area contributed by atoms with Crippen molar-refractivity contribution in [1.82, 2.24) is 0 Å². The summed E-state index contributed by atoms with van der Waals surface area (Å²) in [6.45, 7) is 4.28. The molecule has 0 bridgehead atoms. The maximum atomic E-state index is 8.93. The maximum absolute atomic E-state index is 8.93. The molecule has 2 rings (SSSR count). The zero-order chi connectivity index (χ0) is 11.9. The quantitative estimate of drug-likeness (QED) is 0.839. The third kappa shape index (κ3) is 3.47. The third-order valence-electron chi connectivity index (χ3n) is 3.28. The Morgan fingerprint density at radius 2 is 1.94 bits per heavy atom. The molecule has 0 aliphatic carbocycles. The fourth-order valence-electron chi connectivity index (χ4n) is 2.29. The van der Waals surface area contributed by atoms with Gasteiger partial charge in [-0.1, -0.05) is 12.1 Å². The molecule has 1 heterocycles. The number of nitriles is 1. The number of hydrogen-bond donors (Lipinski definition) is 1. The number of nitrogens with zero attached hydrogens (tertiary/aromatic N) is 1. The summed E-state index contributed by atoms with van der Waals surface area (Å²) in [5.41, 5.74) is 0.626. The van der Waals surface area contributed by atoms with Crippen LogP contribution in [-0.2, 0) is 0 Å². The molecule has 90 valence electrons. The Kier molecular flexibility index (Phi) is 4.40. The molecule has 0 atom stereocenters. The lowest BCUT2D eigenvalue weighted by atomic mass is 10.1. The molecule has 0 unspecified atom stereocenters. The van der Waals surface area contributed by atoms with Crippen LogP contribution in [-0.4, -0.2) is 26.2 Å². The van der Waals surface area contributed by atoms with Crippen molar-refractivity contribution in [3.8, 4) is 11.8 Å². The van der Waals surface area contributed by atoms with Gasteiger partial charge in [-0.15, -0.1) is 0 Å². The van der Waals surface area contributed by atoms with Crippen molar-refractivity contribution in [3.05, 3.63) is 29.8 Å². The van der Waals surface area contributed by atoms with Crippen LogP contribution >= 0.6 is 0 Å². The highest BCUT2D eigenvalue weighted by molar-refractivity contribution is 5.42. The highest BCUT2D eigenvalue weighted by atomic mass is 16.5. The minimum atomic E-state index is 0.626. The molecule has 3 nitrogen and oxygen atoms in total. The van der Waals surface area contributed by atoms with Gasteiger partial charge in [-0.2, -0.15) is 5.26 Å². The van der Waals surface area contributed by atoms with Crippen LogP contribution in [0.4, 0.5) is 0 Å². The summed E-state index contributed by atoms with van der Waals surface area (Å²) >= 11 is 0. The summed E-state index contributed by atoms with van der Waals surface area (Å²) < 4.78 is 5.69. The fraction of sp³-hybridized carbons (Fsp3) is 0.500. The molecule has 1 aromatic carbocycles. The van der Waals surface area contributed by atoms with Gasteiger partial charge in [-0.05, 0) is 31.4 Å². The number of ether oxygens (including phenoxy) is 1. The van der Waals surface area contributed by atoms with Gasteiger partial charge in [0.1, 0.15) is 25.0 Å². The van der Waals surface area contributed by atoms with Gasteiger partial charge in [-0.3, -0.25) is 0 Å². The van der Waals surface area contributed by atoms with Crippen molar-refractivity contribution in [2.24, 2.45) is 0 Å². The molecule has 1 fully saturated rings. The summed E-state index contributed by atoms with van der Waals surface area (Å²) in [6.07, 6.45) is 4.05. The topological polar surface area (TPSA) is 37.5 Å². The van der Waals surface area contributed by atoms with E-state index in [9.17, 15) is 0 Å². The molecule has 1 aliphatic rings. The predicted molar refractivity (Wildman–Crippen MR) is 66.1 cm³/mol. The Morgan fingerprint density at radius 1 is 1.18 bits per heavy atom. The summed E-state index contributed by atoms with van der Waals surface area (Å²) in [6, 6.07) is 9.58. The van der Waals surface area contributed by atoms with E-state index in [0.717, 1.165) is 6.54 Å². The van der Waals surface area contributed by atoms with Gasteiger partial charge in [0.2, 0.25) is 0 Å². The standard InChI is InChI=1S/C14H18N2O/c15-12-13-6-2-3-7-14(13)17-11-10-16-8-4-1-5-9-16/h2-3,6-7H,1,4-5,8-11H2/p+1. The Morgan fingerprint density at radius 3 is 2.71 bits per heavy atom. The van der Waals surface area contributed by atoms with Crippen LogP contribution < -0.4 is 9.64 Å². The minimum Gasteiger partial charge on any atom is -0.486 e. The van der Waals surface area contributed by atoms with Gasteiger partial charge in [0, 0.05) is 0 Å². The first kappa shape index (κ1) is 11.9. The SMILES string of the molecule is N#Cc1ccccc1OCC[NH+]1CCCCC1. The van der Waals surface area contributed by atoms with E-state index in [1.807, 2.05) is 18.2 Å². The molecule has 1 N–H and O–H groups in total. The van der Waals surface area contributed by atoms with E-state index in [4.69, 9.17) is 10.00 Å². The normalized spacial score (nSPS) is 16.4. The lowest BCUT2D eigenvalue weighted by molar-refractivity contribution is -0.904. The second-order valence-electron chi connectivity index (χ2n) is 4.52. The number of piperidine rings is 1. The monoisotopic (exact) mass is 231 g/mol. The van der Waals surface area contributed by atoms with E-state index in [1.54, 1.807) is 11.0 Å². The van der Waals surface area contributed by atoms with Gasteiger partial charge in [-0.25, -0.2) is 0 Å². The van der Waals surface area contributed by atoms with Crippen molar-refractivity contribution in [3.63, 3.8) is 0 Å². The molecule has 1 aromatic rings. The molecule has 0 amide bonds. The molecule has 17 heavy (non-hydrogen) atoms. The number of likely N-dealkylation sites (tertiary alicyclic amines) is 1. The number of para-hydroxylation sites is 1. The highest BCUT2D eigenvalue weighted by Gasteiger charge is 2.13. The van der Waals surface area contributed by atoms with E-state index in [-0.39, 0.29) is 0 Å². The number of rotatable bonds is 4. The Labute approximate surface area is 103 Å². The average Bonchev–Trinajstić information content (AvgIpc) is 2.40. The molecular weight excluding hydrogens is 212 g/mol. The summed E-state index contributed by atoms with van der Waals surface area (Å²) in [5, 5.41) is 8.93. The fourth-order valence-corrected chi connectivity index (χ4v) is 2.29. The van der Waals surface area contributed by atoms with Crippen LogP contribution in [0.2, 0.25) is 0 Å². The van der Waals surface area contributed by atoms with Gasteiger partial charge < -0.3 is 9.64 Å². The van der Waals surface area contributed by atoms with Crippen LogP contribution in [0.25, 0.3) is 0 Å². The number of quaternary nitrogens is 1. The van der Waals surface area contributed by atoms with Crippen molar-refractivity contribution in [1.29, 1.82) is 5.26 Å². The van der Waals surface area contributed by atoms with Crippen LogP contribution in [0, 0.1) is 11.3 Å². The van der Waals surface area contributed by atoms with E-state index >= 15 is 0 Å². The molecule has 3 heteroatoms. The van der Waals surface area contributed by atoms with Crippen molar-refractivity contribution < 1.29 is 9.64 Å². The summed E-state index contributed by atoms with van der Waals surface area (Å²) in [7, 11) is 0. The van der Waals surface area contributed by atoms with E-state index in [1.165, 1.54) is 32.4 Å². The molecule has 1 saturated heterocycles. The zero-order valence-electron chi connectivity index (χ0n) is 10.1. The van der Waals surface area contributed by atoms with Crippen LogP contribution in [0.5, 0.6) is 5.75 Å². The average molecular weight is 231 g/mol. The molecular formula is C14H19N2O+. The maximum Gasteiger partial charge on any atom is 0.137 e. The highest BCUT2D eigenvalue weighted by Crippen LogP contribution is 2.15. The van der Waals surface area contributed by atoms with Gasteiger partial charge >= 0.3 is 0 Å². The van der Waals surface area contributed by atoms with Crippen molar-refractivity contribution in [2.45, 2.75) is 19.3 Å². The molecule has 0 spiro atoms. The molecule has 0 saturated carbocycles. The van der Waals surface area contributed by atoms with E-state index < -0.39 is 0 Å². The molecule has 0 radical (unpaired) electrons. The second-order valence-corrected chi connectivity index (χ2v) is 4.52. The second kappa shape index (κ2) is 6.27. The number of benzene rings is 1. The van der Waals surface area contributed by atoms with Crippen LogP contribution in [0.15, 0.2) is 24.3 Å². The lowest BCUT2D eigenvalue weighted by Crippen LogP contribution is -3.13. The van der Waals surface area contributed by atoms with E-state index in [2.05, 4.69) is 6.07 Å². The first-order chi connectivity index (χ1) is 8.40. The van der Waals surface area contributed by atoms with Crippen LogP contribution in [0.1, 0.15) is 24.8 Å². The zero-order valence-corrected chi connectivity index (χ0v) is 10.1.